The predicted molar refractivity (Wildman–Crippen MR) is 87.4 cm³/mol. The van der Waals surface area contributed by atoms with Crippen LogP contribution in [-0.2, 0) is 11.2 Å². The average molecular weight is 327 g/mol. The summed E-state index contributed by atoms with van der Waals surface area (Å²) in [7, 11) is 0. The van der Waals surface area contributed by atoms with Crippen LogP contribution in [0, 0.1) is 0 Å². The number of carbonyl (C=O) groups excluding carboxylic acids is 1. The van der Waals surface area contributed by atoms with E-state index in [4.69, 9.17) is 16.3 Å². The number of nitrogens with one attached hydrogen (secondary N) is 2. The molecule has 1 atom stereocenters. The van der Waals surface area contributed by atoms with Gasteiger partial charge in [-0.25, -0.2) is 4.79 Å². The highest BCUT2D eigenvalue weighted by Gasteiger charge is 2.31. The zero-order valence-electron chi connectivity index (χ0n) is 13.2. The van der Waals surface area contributed by atoms with Crippen LogP contribution in [0.4, 0.5) is 10.5 Å². The van der Waals surface area contributed by atoms with Crippen molar-refractivity contribution in [1.29, 1.82) is 0 Å². The fourth-order valence-electron chi connectivity index (χ4n) is 2.45. The fourth-order valence-corrected chi connectivity index (χ4v) is 2.63. The molecule has 2 rings (SSSR count). The Morgan fingerprint density at radius 2 is 2.23 bits per heavy atom. The molecule has 1 aromatic rings. The van der Waals surface area contributed by atoms with Crippen LogP contribution >= 0.6 is 11.6 Å². The topological polar surface area (TPSA) is 70.6 Å². The summed E-state index contributed by atoms with van der Waals surface area (Å²) < 4.78 is 5.22. The number of ether oxygens (including phenoxy) is 1. The zero-order chi connectivity index (χ0) is 16.4. The molecule has 5 nitrogen and oxygen atoms in total. The summed E-state index contributed by atoms with van der Waals surface area (Å²) in [6.45, 7) is 6.77. The summed E-state index contributed by atoms with van der Waals surface area (Å²) >= 11 is 6.20. The van der Waals surface area contributed by atoms with Gasteiger partial charge in [-0.2, -0.15) is 0 Å². The van der Waals surface area contributed by atoms with Crippen LogP contribution < -0.4 is 10.6 Å². The Morgan fingerprint density at radius 1 is 1.50 bits per heavy atom. The fraction of sp³-hybridized carbons (Fsp3) is 0.562. The van der Waals surface area contributed by atoms with E-state index in [2.05, 4.69) is 10.6 Å². The first-order valence-corrected chi connectivity index (χ1v) is 7.76. The second-order valence-electron chi connectivity index (χ2n) is 6.76. The van der Waals surface area contributed by atoms with Crippen molar-refractivity contribution in [2.45, 2.75) is 44.8 Å². The minimum absolute atomic E-state index is 0.447. The van der Waals surface area contributed by atoms with Gasteiger partial charge in [-0.15, -0.1) is 0 Å². The van der Waals surface area contributed by atoms with Gasteiger partial charge in [-0.05, 0) is 57.5 Å². The van der Waals surface area contributed by atoms with E-state index in [9.17, 15) is 9.90 Å². The lowest BCUT2D eigenvalue weighted by Crippen LogP contribution is -2.34. The molecule has 122 valence electrons. The van der Waals surface area contributed by atoms with E-state index >= 15 is 0 Å². The summed E-state index contributed by atoms with van der Waals surface area (Å²) in [6, 6.07) is 5.21. The Bertz CT molecular complexity index is 549. The van der Waals surface area contributed by atoms with E-state index in [1.54, 1.807) is 18.2 Å². The molecule has 3 N–H and O–H groups in total. The molecule has 0 radical (unpaired) electrons. The van der Waals surface area contributed by atoms with E-state index in [1.807, 2.05) is 20.8 Å². The summed E-state index contributed by atoms with van der Waals surface area (Å²) in [5, 5.41) is 16.9. The van der Waals surface area contributed by atoms with Gasteiger partial charge in [0.25, 0.3) is 0 Å². The van der Waals surface area contributed by atoms with Gasteiger partial charge in [0.1, 0.15) is 5.60 Å². The first-order valence-electron chi connectivity index (χ1n) is 7.38. The second kappa shape index (κ2) is 6.44. The van der Waals surface area contributed by atoms with Crippen molar-refractivity contribution in [2.75, 3.05) is 18.4 Å². The number of benzene rings is 1. The second-order valence-corrected chi connectivity index (χ2v) is 7.17. The van der Waals surface area contributed by atoms with E-state index in [0.29, 0.717) is 30.1 Å². The minimum atomic E-state index is -0.784. The maximum Gasteiger partial charge on any atom is 0.412 e. The number of hydrogen-bond acceptors (Lipinski definition) is 4. The van der Waals surface area contributed by atoms with Gasteiger partial charge < -0.3 is 15.2 Å². The molecule has 1 aliphatic heterocycles. The molecule has 1 fully saturated rings. The van der Waals surface area contributed by atoms with E-state index in [0.717, 1.165) is 12.1 Å². The van der Waals surface area contributed by atoms with Crippen LogP contribution in [0.1, 0.15) is 32.8 Å². The normalized spacial score (nSPS) is 21.7. The number of amides is 1. The Kier molecular flexibility index (Phi) is 5.00. The quantitative estimate of drug-likeness (QED) is 0.798. The van der Waals surface area contributed by atoms with E-state index in [1.165, 1.54) is 0 Å². The highest BCUT2D eigenvalue weighted by molar-refractivity contribution is 6.31. The summed E-state index contributed by atoms with van der Waals surface area (Å²) in [4.78, 5) is 11.8. The third-order valence-electron chi connectivity index (χ3n) is 3.43. The Balaban J connectivity index is 2.08. The molecule has 0 saturated carbocycles. The highest BCUT2D eigenvalue weighted by atomic mass is 35.5. The van der Waals surface area contributed by atoms with Crippen LogP contribution in [-0.4, -0.2) is 35.5 Å². The van der Waals surface area contributed by atoms with Crippen molar-refractivity contribution in [3.63, 3.8) is 0 Å². The lowest BCUT2D eigenvalue weighted by atomic mass is 9.93. The number of halogens is 1. The predicted octanol–water partition coefficient (Wildman–Crippen LogP) is 2.95. The lowest BCUT2D eigenvalue weighted by molar-refractivity contribution is 0.0618. The van der Waals surface area contributed by atoms with Gasteiger partial charge >= 0.3 is 6.09 Å². The molecule has 0 aliphatic carbocycles. The minimum Gasteiger partial charge on any atom is -0.444 e. The molecule has 0 bridgehead atoms. The van der Waals surface area contributed by atoms with E-state index < -0.39 is 17.3 Å². The molecular weight excluding hydrogens is 304 g/mol. The lowest BCUT2D eigenvalue weighted by Gasteiger charge is -2.23. The molecule has 0 aromatic heterocycles. The molecule has 1 aliphatic rings. The van der Waals surface area contributed by atoms with Crippen molar-refractivity contribution < 1.29 is 14.6 Å². The molecule has 1 amide bonds. The van der Waals surface area contributed by atoms with Crippen molar-refractivity contribution in [1.82, 2.24) is 5.32 Å². The standard InChI is InChI=1S/C16H23ClN2O3/c1-15(2,3)22-14(20)19-12-4-5-13(17)11(8-12)9-16(21)6-7-18-10-16/h4-5,8,18,21H,6-7,9-10H2,1-3H3,(H,19,20). The molecule has 1 aromatic carbocycles. The van der Waals surface area contributed by atoms with Crippen LogP contribution in [0.25, 0.3) is 0 Å². The smallest absolute Gasteiger partial charge is 0.412 e. The molecule has 1 unspecified atom stereocenters. The molecular formula is C16H23ClN2O3. The van der Waals surface area contributed by atoms with Gasteiger partial charge in [0.15, 0.2) is 0 Å². The number of rotatable bonds is 3. The van der Waals surface area contributed by atoms with Gasteiger partial charge in [0.05, 0.1) is 5.60 Å². The Labute approximate surface area is 136 Å². The monoisotopic (exact) mass is 326 g/mol. The highest BCUT2D eigenvalue weighted by Crippen LogP contribution is 2.27. The van der Waals surface area contributed by atoms with Gasteiger partial charge in [0.2, 0.25) is 0 Å². The van der Waals surface area contributed by atoms with Crippen LogP contribution in [0.2, 0.25) is 5.02 Å². The summed E-state index contributed by atoms with van der Waals surface area (Å²) in [5.74, 6) is 0. The first-order chi connectivity index (χ1) is 10.2. The SMILES string of the molecule is CC(C)(C)OC(=O)Nc1ccc(Cl)c(CC2(O)CCNC2)c1. The van der Waals surface area contributed by atoms with Crippen molar-refractivity contribution in [2.24, 2.45) is 0 Å². The average Bonchev–Trinajstić information content (AvgIpc) is 2.78. The van der Waals surface area contributed by atoms with Crippen molar-refractivity contribution in [3.05, 3.63) is 28.8 Å². The van der Waals surface area contributed by atoms with Gasteiger partial charge in [-0.1, -0.05) is 11.6 Å². The van der Waals surface area contributed by atoms with Crippen LogP contribution in [0.15, 0.2) is 18.2 Å². The maximum absolute atomic E-state index is 11.8. The summed E-state index contributed by atoms with van der Waals surface area (Å²) in [5.41, 5.74) is 0.0719. The summed E-state index contributed by atoms with van der Waals surface area (Å²) in [6.07, 6.45) is 0.623. The maximum atomic E-state index is 11.8. The number of anilines is 1. The Hall–Kier alpha value is -1.30. The molecule has 0 spiro atoms. The number of β-amino-alcohol motifs (C(OH)–C–C–N with tert-alkyl or cyclic N) is 1. The van der Waals surface area contributed by atoms with Crippen LogP contribution in [0.5, 0.6) is 0 Å². The van der Waals surface area contributed by atoms with Gasteiger partial charge in [0, 0.05) is 23.7 Å². The van der Waals surface area contributed by atoms with Gasteiger partial charge in [-0.3, -0.25) is 5.32 Å². The molecule has 22 heavy (non-hydrogen) atoms. The first kappa shape index (κ1) is 17.1. The van der Waals surface area contributed by atoms with Crippen LogP contribution in [0.3, 0.4) is 0 Å². The number of carbonyl (C=O) groups is 1. The third-order valence-corrected chi connectivity index (χ3v) is 3.80. The molecule has 6 heteroatoms. The van der Waals surface area contributed by atoms with Crippen molar-refractivity contribution in [3.8, 4) is 0 Å². The van der Waals surface area contributed by atoms with Crippen molar-refractivity contribution >= 4 is 23.4 Å². The largest absolute Gasteiger partial charge is 0.444 e. The molecule has 1 heterocycles. The van der Waals surface area contributed by atoms with E-state index in [-0.39, 0.29) is 0 Å². The third kappa shape index (κ3) is 4.87. The zero-order valence-corrected chi connectivity index (χ0v) is 14.0. The molecule has 1 saturated heterocycles. The Morgan fingerprint density at radius 3 is 2.82 bits per heavy atom. The number of hydrogen-bond donors (Lipinski definition) is 3. The number of aliphatic hydroxyl groups is 1.